The third-order valence-electron chi connectivity index (χ3n) is 3.84. The lowest BCUT2D eigenvalue weighted by Gasteiger charge is -2.31. The van der Waals surface area contributed by atoms with Gasteiger partial charge in [-0.05, 0) is 31.0 Å². The predicted molar refractivity (Wildman–Crippen MR) is 77.3 cm³/mol. The molecule has 2 heteroatoms. The minimum atomic E-state index is 0.0493. The van der Waals surface area contributed by atoms with E-state index >= 15 is 0 Å². The summed E-state index contributed by atoms with van der Waals surface area (Å²) in [5, 5.41) is 0. The van der Waals surface area contributed by atoms with Crippen LogP contribution in [0.15, 0.2) is 42.5 Å². The third-order valence-corrected chi connectivity index (χ3v) is 3.84. The third kappa shape index (κ3) is 2.24. The number of benzene rings is 2. The van der Waals surface area contributed by atoms with Crippen molar-refractivity contribution in [3.63, 3.8) is 0 Å². The quantitative estimate of drug-likeness (QED) is 0.838. The Balaban J connectivity index is 1.97. The van der Waals surface area contributed by atoms with E-state index in [0.29, 0.717) is 0 Å². The molecule has 2 aromatic rings. The zero-order valence-electron chi connectivity index (χ0n) is 11.4. The van der Waals surface area contributed by atoms with Crippen LogP contribution in [0.4, 0.5) is 0 Å². The van der Waals surface area contributed by atoms with Crippen LogP contribution in [-0.2, 0) is 0 Å². The Hall–Kier alpha value is -1.80. The van der Waals surface area contributed by atoms with E-state index in [9.17, 15) is 0 Å². The normalized spacial score (nSPS) is 21.6. The number of hydrogen-bond donors (Lipinski definition) is 1. The first-order valence-electron chi connectivity index (χ1n) is 6.73. The lowest BCUT2D eigenvalue weighted by Crippen LogP contribution is -2.24. The van der Waals surface area contributed by atoms with Gasteiger partial charge in [-0.25, -0.2) is 0 Å². The Bertz CT molecular complexity index is 606. The Morgan fingerprint density at radius 2 is 1.84 bits per heavy atom. The van der Waals surface area contributed by atoms with Gasteiger partial charge in [-0.15, -0.1) is 0 Å². The van der Waals surface area contributed by atoms with Crippen molar-refractivity contribution >= 4 is 0 Å². The molecule has 0 bridgehead atoms. The summed E-state index contributed by atoms with van der Waals surface area (Å²) in [5.74, 6) is 0.928. The van der Waals surface area contributed by atoms with Gasteiger partial charge in [0.2, 0.25) is 0 Å². The number of nitrogens with two attached hydrogens (primary N) is 1. The van der Waals surface area contributed by atoms with Crippen molar-refractivity contribution in [2.45, 2.75) is 32.4 Å². The molecule has 2 N–H and O–H groups in total. The molecule has 1 aliphatic rings. The second kappa shape index (κ2) is 4.71. The Morgan fingerprint density at radius 3 is 2.63 bits per heavy atom. The fourth-order valence-electron chi connectivity index (χ4n) is 2.76. The first-order valence-corrected chi connectivity index (χ1v) is 6.73. The maximum Gasteiger partial charge on any atom is 0.126 e. The van der Waals surface area contributed by atoms with E-state index in [1.54, 1.807) is 0 Å². The molecule has 0 saturated heterocycles. The van der Waals surface area contributed by atoms with Crippen molar-refractivity contribution in [3.05, 3.63) is 64.7 Å². The molecule has 1 aliphatic heterocycles. The maximum atomic E-state index is 6.31. The molecule has 3 rings (SSSR count). The summed E-state index contributed by atoms with van der Waals surface area (Å²) in [5.41, 5.74) is 11.2. The van der Waals surface area contributed by atoms with Crippen LogP contribution in [-0.4, -0.2) is 0 Å². The van der Waals surface area contributed by atoms with Crippen LogP contribution in [0.1, 0.15) is 40.8 Å². The van der Waals surface area contributed by atoms with Gasteiger partial charge >= 0.3 is 0 Å². The zero-order valence-corrected chi connectivity index (χ0v) is 11.4. The molecule has 0 aliphatic carbocycles. The molecule has 2 aromatic carbocycles. The van der Waals surface area contributed by atoms with Gasteiger partial charge in [0.05, 0.1) is 0 Å². The monoisotopic (exact) mass is 253 g/mol. The Kier molecular flexibility index (Phi) is 3.03. The maximum absolute atomic E-state index is 6.31. The van der Waals surface area contributed by atoms with Gasteiger partial charge in [0.15, 0.2) is 0 Å². The van der Waals surface area contributed by atoms with E-state index < -0.39 is 0 Å². The summed E-state index contributed by atoms with van der Waals surface area (Å²) < 4.78 is 6.14. The molecule has 0 aromatic heterocycles. The molecular weight excluding hydrogens is 234 g/mol. The lowest BCUT2D eigenvalue weighted by molar-refractivity contribution is 0.161. The van der Waals surface area contributed by atoms with Crippen LogP contribution >= 0.6 is 0 Å². The first-order chi connectivity index (χ1) is 9.15. The van der Waals surface area contributed by atoms with E-state index in [-0.39, 0.29) is 12.1 Å². The van der Waals surface area contributed by atoms with Gasteiger partial charge in [-0.2, -0.15) is 0 Å². The molecule has 0 fully saturated rings. The first kappa shape index (κ1) is 12.2. The van der Waals surface area contributed by atoms with E-state index in [4.69, 9.17) is 10.5 Å². The molecular formula is C17H19NO. The van der Waals surface area contributed by atoms with Gasteiger partial charge in [-0.1, -0.05) is 42.0 Å². The molecule has 98 valence electrons. The summed E-state index contributed by atoms with van der Waals surface area (Å²) in [6.07, 6.45) is 0.896. The molecule has 0 amide bonds. The fourth-order valence-corrected chi connectivity index (χ4v) is 2.76. The van der Waals surface area contributed by atoms with Crippen LogP contribution in [0.3, 0.4) is 0 Å². The van der Waals surface area contributed by atoms with Crippen LogP contribution in [0.25, 0.3) is 0 Å². The summed E-state index contributed by atoms with van der Waals surface area (Å²) in [6.45, 7) is 4.20. The summed E-state index contributed by atoms with van der Waals surface area (Å²) in [7, 11) is 0. The highest BCUT2D eigenvalue weighted by Gasteiger charge is 2.27. The highest BCUT2D eigenvalue weighted by molar-refractivity contribution is 5.42. The van der Waals surface area contributed by atoms with Gasteiger partial charge in [0.25, 0.3) is 0 Å². The highest BCUT2D eigenvalue weighted by Crippen LogP contribution is 2.40. The van der Waals surface area contributed by atoms with E-state index in [0.717, 1.165) is 17.7 Å². The van der Waals surface area contributed by atoms with Crippen molar-refractivity contribution < 1.29 is 4.74 Å². The summed E-state index contributed by atoms with van der Waals surface area (Å²) >= 11 is 0. The minimum Gasteiger partial charge on any atom is -0.485 e. The summed E-state index contributed by atoms with van der Waals surface area (Å²) in [4.78, 5) is 0. The molecule has 1 unspecified atom stereocenters. The zero-order chi connectivity index (χ0) is 13.4. The topological polar surface area (TPSA) is 35.2 Å². The fraction of sp³-hybridized carbons (Fsp3) is 0.294. The molecule has 2 atom stereocenters. The van der Waals surface area contributed by atoms with Crippen molar-refractivity contribution in [1.29, 1.82) is 0 Å². The molecule has 0 saturated carbocycles. The largest absolute Gasteiger partial charge is 0.485 e. The molecule has 19 heavy (non-hydrogen) atoms. The SMILES string of the molecule is Cc1ccc2c(c1)[C@H](N)CC(c1ccccc1C)O2. The second-order valence-electron chi connectivity index (χ2n) is 5.35. The standard InChI is InChI=1S/C17H19NO/c1-11-7-8-16-14(9-11)15(18)10-17(19-16)13-6-4-3-5-12(13)2/h3-9,15,17H,10,18H2,1-2H3/t15-,17?/m1/s1. The minimum absolute atomic E-state index is 0.0493. The molecule has 0 radical (unpaired) electrons. The van der Waals surface area contributed by atoms with Crippen molar-refractivity contribution in [2.75, 3.05) is 0 Å². The molecule has 1 heterocycles. The average Bonchev–Trinajstić information content (AvgIpc) is 2.40. The number of fused-ring (bicyclic) bond motifs is 1. The van der Waals surface area contributed by atoms with E-state index in [2.05, 4.69) is 50.2 Å². The molecule has 2 nitrogen and oxygen atoms in total. The van der Waals surface area contributed by atoms with Crippen molar-refractivity contribution in [2.24, 2.45) is 5.73 Å². The van der Waals surface area contributed by atoms with Crippen LogP contribution < -0.4 is 10.5 Å². The molecule has 0 spiro atoms. The smallest absolute Gasteiger partial charge is 0.126 e. The van der Waals surface area contributed by atoms with E-state index in [1.165, 1.54) is 16.7 Å². The van der Waals surface area contributed by atoms with Crippen LogP contribution in [0.2, 0.25) is 0 Å². The van der Waals surface area contributed by atoms with Crippen molar-refractivity contribution in [1.82, 2.24) is 0 Å². The lowest BCUT2D eigenvalue weighted by atomic mass is 9.91. The van der Waals surface area contributed by atoms with Gasteiger partial charge < -0.3 is 10.5 Å². The van der Waals surface area contributed by atoms with Gasteiger partial charge in [0.1, 0.15) is 11.9 Å². The van der Waals surface area contributed by atoms with Gasteiger partial charge in [-0.3, -0.25) is 0 Å². The van der Waals surface area contributed by atoms with Crippen molar-refractivity contribution in [3.8, 4) is 5.75 Å². The van der Waals surface area contributed by atoms with Crippen LogP contribution in [0.5, 0.6) is 5.75 Å². The number of aryl methyl sites for hydroxylation is 2. The number of ether oxygens (including phenoxy) is 1. The van der Waals surface area contributed by atoms with Crippen LogP contribution in [0, 0.1) is 13.8 Å². The number of hydrogen-bond acceptors (Lipinski definition) is 2. The second-order valence-corrected chi connectivity index (χ2v) is 5.35. The highest BCUT2D eigenvalue weighted by atomic mass is 16.5. The van der Waals surface area contributed by atoms with E-state index in [1.807, 2.05) is 6.07 Å². The Labute approximate surface area is 114 Å². The average molecular weight is 253 g/mol. The predicted octanol–water partition coefficient (Wildman–Crippen LogP) is 3.83. The van der Waals surface area contributed by atoms with Gasteiger partial charge in [0, 0.05) is 18.0 Å². The summed E-state index contributed by atoms with van der Waals surface area (Å²) in [6, 6.07) is 14.7. The number of rotatable bonds is 1. The Morgan fingerprint density at radius 1 is 1.05 bits per heavy atom.